The highest BCUT2D eigenvalue weighted by Gasteiger charge is 2.71. The number of aliphatic hydroxyl groups excluding tert-OH is 1. The molecule has 1 aromatic rings. The van der Waals surface area contributed by atoms with Gasteiger partial charge in [0.2, 0.25) is 17.7 Å². The highest BCUT2D eigenvalue weighted by atomic mass is 19.1. The summed E-state index contributed by atoms with van der Waals surface area (Å²) in [7, 11) is 1.46. The van der Waals surface area contributed by atoms with E-state index in [2.05, 4.69) is 10.6 Å². The van der Waals surface area contributed by atoms with Gasteiger partial charge >= 0.3 is 0 Å². The van der Waals surface area contributed by atoms with Crippen LogP contribution in [0.1, 0.15) is 12.5 Å². The lowest BCUT2D eigenvalue weighted by Crippen LogP contribution is -2.55. The van der Waals surface area contributed by atoms with E-state index in [1.807, 2.05) is 0 Å². The van der Waals surface area contributed by atoms with Crippen molar-refractivity contribution in [2.24, 2.45) is 11.8 Å². The Labute approximate surface area is 154 Å². The summed E-state index contributed by atoms with van der Waals surface area (Å²) in [5.41, 5.74) is -0.937. The van der Waals surface area contributed by atoms with Crippen molar-refractivity contribution in [3.05, 3.63) is 29.6 Å². The van der Waals surface area contributed by atoms with Crippen molar-refractivity contribution in [3.8, 4) is 0 Å². The summed E-state index contributed by atoms with van der Waals surface area (Å²) in [6.45, 7) is 1.71. The molecule has 5 atom stereocenters. The molecule has 3 amide bonds. The van der Waals surface area contributed by atoms with E-state index in [1.54, 1.807) is 0 Å². The summed E-state index contributed by atoms with van der Waals surface area (Å²) in [6.07, 6.45) is -0.999. The van der Waals surface area contributed by atoms with Crippen molar-refractivity contribution in [2.45, 2.75) is 24.6 Å². The first kappa shape index (κ1) is 18.0. The Morgan fingerprint density at radius 2 is 2.07 bits per heavy atom. The van der Waals surface area contributed by atoms with Gasteiger partial charge in [0.25, 0.3) is 0 Å². The molecule has 3 aliphatic heterocycles. The molecule has 0 aliphatic carbocycles. The van der Waals surface area contributed by atoms with Crippen molar-refractivity contribution < 1.29 is 28.6 Å². The number of rotatable bonds is 4. The van der Waals surface area contributed by atoms with Gasteiger partial charge < -0.3 is 15.2 Å². The van der Waals surface area contributed by atoms with E-state index in [4.69, 9.17) is 4.74 Å². The number of likely N-dealkylation sites (tertiary alicyclic amines) is 1. The predicted octanol–water partition coefficient (Wildman–Crippen LogP) is -0.427. The van der Waals surface area contributed by atoms with Crippen LogP contribution >= 0.6 is 0 Å². The zero-order valence-electron chi connectivity index (χ0n) is 14.9. The number of nitrogens with one attached hydrogen (secondary N) is 2. The fourth-order valence-electron chi connectivity index (χ4n) is 4.58. The molecule has 27 heavy (non-hydrogen) atoms. The number of hydrogen-bond acceptors (Lipinski definition) is 6. The SMILES string of the molecule is COCCN1C(=O)C2C(C(C)O)NC3(C(=O)Nc4ccc(F)cc43)C2C1=O. The molecule has 4 rings (SSSR count). The van der Waals surface area contributed by atoms with Crippen molar-refractivity contribution >= 4 is 23.4 Å². The van der Waals surface area contributed by atoms with Gasteiger partial charge in [0.15, 0.2) is 0 Å². The number of methoxy groups -OCH3 is 1. The second-order valence-electron chi connectivity index (χ2n) is 7.19. The van der Waals surface area contributed by atoms with Gasteiger partial charge in [0, 0.05) is 24.4 Å². The minimum atomic E-state index is -1.60. The van der Waals surface area contributed by atoms with Gasteiger partial charge in [0.1, 0.15) is 11.4 Å². The number of hydrogen-bond donors (Lipinski definition) is 3. The van der Waals surface area contributed by atoms with Crippen LogP contribution in [0.5, 0.6) is 0 Å². The normalized spacial score (nSPS) is 32.8. The summed E-state index contributed by atoms with van der Waals surface area (Å²) in [5, 5.41) is 15.9. The summed E-state index contributed by atoms with van der Waals surface area (Å²) in [5.74, 6) is -4.06. The number of aliphatic hydroxyl groups is 1. The van der Waals surface area contributed by atoms with Crippen molar-refractivity contribution in [3.63, 3.8) is 0 Å². The average Bonchev–Trinajstić information content (AvgIpc) is 3.20. The number of carbonyl (C=O) groups excluding carboxylic acids is 3. The van der Waals surface area contributed by atoms with Gasteiger partial charge in [-0.1, -0.05) is 0 Å². The number of fused-ring (bicyclic) bond motifs is 4. The third kappa shape index (κ3) is 2.28. The van der Waals surface area contributed by atoms with Crippen LogP contribution in [0.4, 0.5) is 10.1 Å². The van der Waals surface area contributed by atoms with Gasteiger partial charge in [-0.2, -0.15) is 0 Å². The Balaban J connectivity index is 1.86. The third-order valence-corrected chi connectivity index (χ3v) is 5.74. The van der Waals surface area contributed by atoms with E-state index in [-0.39, 0.29) is 18.7 Å². The van der Waals surface area contributed by atoms with E-state index in [0.717, 1.165) is 4.90 Å². The largest absolute Gasteiger partial charge is 0.392 e. The van der Waals surface area contributed by atoms with Crippen LogP contribution in [0.25, 0.3) is 0 Å². The predicted molar refractivity (Wildman–Crippen MR) is 90.9 cm³/mol. The minimum Gasteiger partial charge on any atom is -0.392 e. The first-order chi connectivity index (χ1) is 12.8. The second-order valence-corrected chi connectivity index (χ2v) is 7.19. The van der Waals surface area contributed by atoms with Crippen LogP contribution in [0.2, 0.25) is 0 Å². The van der Waals surface area contributed by atoms with Gasteiger partial charge in [-0.3, -0.25) is 24.6 Å². The molecular formula is C18H20FN3O5. The fourth-order valence-corrected chi connectivity index (χ4v) is 4.58. The molecule has 3 aliphatic rings. The third-order valence-electron chi connectivity index (χ3n) is 5.74. The molecule has 3 heterocycles. The molecule has 1 spiro atoms. The van der Waals surface area contributed by atoms with Crippen LogP contribution in [0.15, 0.2) is 18.2 Å². The summed E-state index contributed by atoms with van der Waals surface area (Å²) >= 11 is 0. The lowest BCUT2D eigenvalue weighted by atomic mass is 9.76. The van der Waals surface area contributed by atoms with Crippen LogP contribution in [-0.2, 0) is 24.7 Å². The smallest absolute Gasteiger partial charge is 0.250 e. The Bertz CT molecular complexity index is 844. The van der Waals surface area contributed by atoms with E-state index in [1.165, 1.54) is 32.2 Å². The number of halogens is 1. The lowest BCUT2D eigenvalue weighted by Gasteiger charge is -2.30. The molecule has 1 aromatic carbocycles. The Morgan fingerprint density at radius 1 is 1.33 bits per heavy atom. The molecule has 144 valence electrons. The number of imide groups is 1. The number of amides is 3. The highest BCUT2D eigenvalue weighted by Crippen LogP contribution is 2.53. The van der Waals surface area contributed by atoms with E-state index in [9.17, 15) is 23.9 Å². The molecule has 8 nitrogen and oxygen atoms in total. The van der Waals surface area contributed by atoms with Crippen LogP contribution in [-0.4, -0.2) is 60.1 Å². The first-order valence-electron chi connectivity index (χ1n) is 8.74. The average molecular weight is 377 g/mol. The fraction of sp³-hybridized carbons (Fsp3) is 0.500. The standard InChI is InChI=1S/C18H20FN3O5/c1-8(23)14-12-13(16(25)22(15(12)24)5-6-27-2)18(21-14)10-7-9(19)3-4-11(10)20-17(18)26/h3-4,7-8,12-14,21,23H,5-6H2,1-2H3,(H,20,26). The highest BCUT2D eigenvalue weighted by molar-refractivity contribution is 6.15. The van der Waals surface area contributed by atoms with Crippen molar-refractivity contribution in [1.82, 2.24) is 10.2 Å². The zero-order valence-corrected chi connectivity index (χ0v) is 14.9. The van der Waals surface area contributed by atoms with E-state index < -0.39 is 53.1 Å². The van der Waals surface area contributed by atoms with Gasteiger partial charge in [-0.05, 0) is 25.1 Å². The van der Waals surface area contributed by atoms with Crippen molar-refractivity contribution in [1.29, 1.82) is 0 Å². The molecule has 0 bridgehead atoms. The van der Waals surface area contributed by atoms with Gasteiger partial charge in [-0.25, -0.2) is 4.39 Å². The van der Waals surface area contributed by atoms with Gasteiger partial charge in [0.05, 0.1) is 31.1 Å². The molecule has 3 N–H and O–H groups in total. The van der Waals surface area contributed by atoms with Gasteiger partial charge in [-0.15, -0.1) is 0 Å². The lowest BCUT2D eigenvalue weighted by molar-refractivity contribution is -0.143. The number of ether oxygens (including phenoxy) is 1. The molecule has 2 fully saturated rings. The van der Waals surface area contributed by atoms with E-state index in [0.29, 0.717) is 5.69 Å². The summed E-state index contributed by atoms with van der Waals surface area (Å²) in [4.78, 5) is 40.1. The Morgan fingerprint density at radius 3 is 2.74 bits per heavy atom. The molecular weight excluding hydrogens is 357 g/mol. The summed E-state index contributed by atoms with van der Waals surface area (Å²) in [6, 6.07) is 3.01. The first-order valence-corrected chi connectivity index (χ1v) is 8.74. The Hall–Kier alpha value is -2.36. The van der Waals surface area contributed by atoms with Crippen LogP contribution < -0.4 is 10.6 Å². The second kappa shape index (κ2) is 6.08. The number of benzene rings is 1. The maximum absolute atomic E-state index is 13.9. The maximum atomic E-state index is 13.9. The Kier molecular flexibility index (Phi) is 4.06. The molecule has 0 aromatic heterocycles. The quantitative estimate of drug-likeness (QED) is 0.615. The molecule has 0 saturated carbocycles. The molecule has 9 heteroatoms. The van der Waals surface area contributed by atoms with Crippen LogP contribution in [0, 0.1) is 17.7 Å². The molecule has 2 saturated heterocycles. The number of carbonyl (C=O) groups is 3. The monoisotopic (exact) mass is 377 g/mol. The zero-order chi connectivity index (χ0) is 19.5. The number of anilines is 1. The van der Waals surface area contributed by atoms with Crippen LogP contribution in [0.3, 0.4) is 0 Å². The topological polar surface area (TPSA) is 108 Å². The van der Waals surface area contributed by atoms with E-state index >= 15 is 0 Å². The van der Waals surface area contributed by atoms with Crippen molar-refractivity contribution in [2.75, 3.05) is 25.6 Å². The minimum absolute atomic E-state index is 0.0569. The maximum Gasteiger partial charge on any atom is 0.250 e. The number of nitrogens with zero attached hydrogens (tertiary/aromatic N) is 1. The molecule has 5 unspecified atom stereocenters. The molecule has 0 radical (unpaired) electrons. The summed E-state index contributed by atoms with van der Waals surface area (Å²) < 4.78 is 18.9.